The molecule has 1 aromatic carbocycles. The molecule has 0 spiro atoms. The largest absolute Gasteiger partial charge is 0.433 e. The van der Waals surface area contributed by atoms with Crippen molar-refractivity contribution in [3.8, 4) is 22.5 Å². The van der Waals surface area contributed by atoms with E-state index in [-0.39, 0.29) is 11.6 Å². The van der Waals surface area contributed by atoms with Crippen LogP contribution in [0.1, 0.15) is 48.4 Å². The average Bonchev–Trinajstić information content (AvgIpc) is 3.37. The molecule has 0 amide bonds. The molecule has 0 atom stereocenters. The highest BCUT2D eigenvalue weighted by molar-refractivity contribution is 5.72. The molecule has 4 rings (SSSR count). The summed E-state index contributed by atoms with van der Waals surface area (Å²) in [6.45, 7) is 0. The fourth-order valence-corrected chi connectivity index (χ4v) is 4.04. The van der Waals surface area contributed by atoms with E-state index in [2.05, 4.69) is 10.1 Å². The zero-order chi connectivity index (χ0) is 21.5. The fourth-order valence-electron chi connectivity index (χ4n) is 4.04. The molecule has 1 saturated carbocycles. The minimum absolute atomic E-state index is 0.109. The fraction of sp³-hybridized carbons (Fsp3) is 0.333. The lowest BCUT2D eigenvalue weighted by Gasteiger charge is -2.17. The Morgan fingerprint density at radius 1 is 0.900 bits per heavy atom. The standard InChI is InChI=1S/C21H17F6N3/c22-20(23,24)17-18(29-30-19(17)21(25,26)27)16-10-14(12-8-4-5-9-12)15(11-28-16)13-6-2-1-3-7-13/h1-3,6-7,10-12H,4-5,8-9H2,(H,29,30). The number of nitrogens with zero attached hydrogens (tertiary/aromatic N) is 2. The van der Waals surface area contributed by atoms with Gasteiger partial charge in [0, 0.05) is 11.8 Å². The van der Waals surface area contributed by atoms with E-state index in [9.17, 15) is 26.3 Å². The van der Waals surface area contributed by atoms with Crippen molar-refractivity contribution in [1.82, 2.24) is 15.2 Å². The summed E-state index contributed by atoms with van der Waals surface area (Å²) in [5, 5.41) is 4.88. The first-order valence-corrected chi connectivity index (χ1v) is 9.44. The lowest BCUT2D eigenvalue weighted by molar-refractivity contribution is -0.163. The van der Waals surface area contributed by atoms with E-state index >= 15 is 0 Å². The van der Waals surface area contributed by atoms with Gasteiger partial charge in [0.25, 0.3) is 0 Å². The normalized spacial score (nSPS) is 15.7. The molecular weight excluding hydrogens is 408 g/mol. The quantitative estimate of drug-likeness (QED) is 0.467. The van der Waals surface area contributed by atoms with E-state index in [1.54, 1.807) is 0 Å². The third kappa shape index (κ3) is 3.80. The summed E-state index contributed by atoms with van der Waals surface area (Å²) >= 11 is 0. The first kappa shape index (κ1) is 20.4. The lowest BCUT2D eigenvalue weighted by Crippen LogP contribution is -2.16. The van der Waals surface area contributed by atoms with E-state index < -0.39 is 29.3 Å². The lowest BCUT2D eigenvalue weighted by atomic mass is 9.89. The number of hydrogen-bond acceptors (Lipinski definition) is 2. The number of rotatable bonds is 3. The van der Waals surface area contributed by atoms with Crippen LogP contribution in [0.4, 0.5) is 26.3 Å². The van der Waals surface area contributed by atoms with Crippen molar-refractivity contribution in [2.45, 2.75) is 44.0 Å². The summed E-state index contributed by atoms with van der Waals surface area (Å²) in [4.78, 5) is 4.08. The highest BCUT2D eigenvalue weighted by Crippen LogP contribution is 2.45. The second kappa shape index (κ2) is 7.45. The number of aromatic amines is 1. The molecule has 0 unspecified atom stereocenters. The summed E-state index contributed by atoms with van der Waals surface area (Å²) in [6.07, 6.45) is -5.31. The van der Waals surface area contributed by atoms with Crippen LogP contribution in [0.2, 0.25) is 0 Å². The van der Waals surface area contributed by atoms with E-state index in [0.717, 1.165) is 42.4 Å². The Balaban J connectivity index is 1.89. The minimum atomic E-state index is -5.24. The smallest absolute Gasteiger partial charge is 0.272 e. The molecule has 9 heteroatoms. The molecule has 2 heterocycles. The Bertz CT molecular complexity index is 1030. The van der Waals surface area contributed by atoms with Crippen molar-refractivity contribution in [1.29, 1.82) is 0 Å². The van der Waals surface area contributed by atoms with Crippen LogP contribution >= 0.6 is 0 Å². The Hall–Kier alpha value is -2.84. The van der Waals surface area contributed by atoms with Gasteiger partial charge in [-0.05, 0) is 36.0 Å². The first-order valence-electron chi connectivity index (χ1n) is 9.44. The Morgan fingerprint density at radius 3 is 2.17 bits per heavy atom. The van der Waals surface area contributed by atoms with Crippen LogP contribution in [0.25, 0.3) is 22.5 Å². The molecule has 158 valence electrons. The number of alkyl halides is 6. The predicted molar refractivity (Wildman–Crippen MR) is 98.5 cm³/mol. The second-order valence-electron chi connectivity index (χ2n) is 7.32. The number of H-pyrrole nitrogens is 1. The molecule has 1 aliphatic rings. The van der Waals surface area contributed by atoms with Crippen LogP contribution in [-0.2, 0) is 12.4 Å². The molecule has 0 bridgehead atoms. The van der Waals surface area contributed by atoms with Gasteiger partial charge < -0.3 is 0 Å². The number of pyridine rings is 1. The highest BCUT2D eigenvalue weighted by atomic mass is 19.4. The molecular formula is C21H17F6N3. The van der Waals surface area contributed by atoms with E-state index in [4.69, 9.17) is 0 Å². The zero-order valence-electron chi connectivity index (χ0n) is 15.6. The Labute approximate surface area is 168 Å². The average molecular weight is 425 g/mol. The predicted octanol–water partition coefficient (Wildman–Crippen LogP) is 6.83. The van der Waals surface area contributed by atoms with Crippen molar-refractivity contribution < 1.29 is 26.3 Å². The van der Waals surface area contributed by atoms with Gasteiger partial charge in [-0.1, -0.05) is 43.2 Å². The van der Waals surface area contributed by atoms with Gasteiger partial charge in [-0.3, -0.25) is 10.1 Å². The number of hydrogen-bond donors (Lipinski definition) is 1. The third-order valence-electron chi connectivity index (χ3n) is 5.39. The van der Waals surface area contributed by atoms with E-state index in [0.29, 0.717) is 0 Å². The van der Waals surface area contributed by atoms with Crippen LogP contribution in [0, 0.1) is 0 Å². The first-order chi connectivity index (χ1) is 14.2. The monoisotopic (exact) mass is 425 g/mol. The maximum absolute atomic E-state index is 13.5. The molecule has 1 N–H and O–H groups in total. The van der Waals surface area contributed by atoms with Crippen LogP contribution in [0.15, 0.2) is 42.6 Å². The molecule has 30 heavy (non-hydrogen) atoms. The number of benzene rings is 1. The molecule has 1 aliphatic carbocycles. The summed E-state index contributed by atoms with van der Waals surface area (Å²) < 4.78 is 79.9. The summed E-state index contributed by atoms with van der Waals surface area (Å²) in [6, 6.07) is 10.7. The Kier molecular flexibility index (Phi) is 5.07. The van der Waals surface area contributed by atoms with E-state index in [1.807, 2.05) is 30.3 Å². The maximum Gasteiger partial charge on any atom is 0.433 e. The van der Waals surface area contributed by atoms with Gasteiger partial charge in [0.2, 0.25) is 0 Å². The molecule has 2 aromatic heterocycles. The van der Waals surface area contributed by atoms with Crippen LogP contribution < -0.4 is 0 Å². The molecule has 0 radical (unpaired) electrons. The molecule has 1 fully saturated rings. The number of aromatic nitrogens is 3. The topological polar surface area (TPSA) is 41.6 Å². The third-order valence-corrected chi connectivity index (χ3v) is 5.39. The maximum atomic E-state index is 13.5. The van der Waals surface area contributed by atoms with Gasteiger partial charge >= 0.3 is 12.4 Å². The highest BCUT2D eigenvalue weighted by Gasteiger charge is 2.48. The van der Waals surface area contributed by atoms with Gasteiger partial charge in [0.05, 0.1) is 5.69 Å². The second-order valence-corrected chi connectivity index (χ2v) is 7.32. The van der Waals surface area contributed by atoms with Crippen molar-refractivity contribution >= 4 is 0 Å². The number of nitrogens with one attached hydrogen (secondary N) is 1. The molecule has 3 nitrogen and oxygen atoms in total. The van der Waals surface area contributed by atoms with Crippen LogP contribution in [0.5, 0.6) is 0 Å². The minimum Gasteiger partial charge on any atom is -0.272 e. The SMILES string of the molecule is FC(F)(F)c1[nH]nc(-c2cc(C3CCCC3)c(-c3ccccc3)cn2)c1C(F)(F)F. The number of halogens is 6. The van der Waals surface area contributed by atoms with Gasteiger partial charge in [-0.2, -0.15) is 31.4 Å². The van der Waals surface area contributed by atoms with Crippen molar-refractivity contribution in [2.75, 3.05) is 0 Å². The molecule has 3 aromatic rings. The van der Waals surface area contributed by atoms with Crippen LogP contribution in [-0.4, -0.2) is 15.2 Å². The van der Waals surface area contributed by atoms with Crippen molar-refractivity contribution in [2.24, 2.45) is 0 Å². The van der Waals surface area contributed by atoms with Gasteiger partial charge in [0.1, 0.15) is 11.3 Å². The van der Waals surface area contributed by atoms with Gasteiger partial charge in [-0.25, -0.2) is 0 Å². The molecule has 0 saturated heterocycles. The van der Waals surface area contributed by atoms with Gasteiger partial charge in [0.15, 0.2) is 5.69 Å². The summed E-state index contributed by atoms with van der Waals surface area (Å²) in [7, 11) is 0. The Morgan fingerprint density at radius 2 is 1.57 bits per heavy atom. The zero-order valence-corrected chi connectivity index (χ0v) is 15.6. The van der Waals surface area contributed by atoms with Crippen LogP contribution in [0.3, 0.4) is 0 Å². The molecule has 0 aliphatic heterocycles. The van der Waals surface area contributed by atoms with E-state index in [1.165, 1.54) is 17.4 Å². The van der Waals surface area contributed by atoms with Crippen molar-refractivity contribution in [3.63, 3.8) is 0 Å². The van der Waals surface area contributed by atoms with Crippen molar-refractivity contribution in [3.05, 3.63) is 59.4 Å². The summed E-state index contributed by atoms with van der Waals surface area (Å²) in [5.74, 6) is 0.109. The van der Waals surface area contributed by atoms with Gasteiger partial charge in [-0.15, -0.1) is 0 Å². The summed E-state index contributed by atoms with van der Waals surface area (Å²) in [5.41, 5.74) is -2.41.